The van der Waals surface area contributed by atoms with Gasteiger partial charge < -0.3 is 16.0 Å². The summed E-state index contributed by atoms with van der Waals surface area (Å²) in [7, 11) is 0. The van der Waals surface area contributed by atoms with Crippen LogP contribution in [0, 0.1) is 23.4 Å². The molecule has 134 valence electrons. The van der Waals surface area contributed by atoms with Crippen LogP contribution in [0.2, 0.25) is 0 Å². The highest BCUT2D eigenvalue weighted by Crippen LogP contribution is 2.32. The fourth-order valence-electron chi connectivity index (χ4n) is 2.77. The van der Waals surface area contributed by atoms with E-state index >= 15 is 0 Å². The Kier molecular flexibility index (Phi) is 4.94. The molecule has 1 saturated heterocycles. The van der Waals surface area contributed by atoms with Crippen LogP contribution in [0.4, 0.5) is 18.9 Å². The largest absolute Gasteiger partial charge is 0.354 e. The van der Waals surface area contributed by atoms with Crippen LogP contribution in [0.25, 0.3) is 0 Å². The van der Waals surface area contributed by atoms with E-state index in [4.69, 9.17) is 12.2 Å². The van der Waals surface area contributed by atoms with E-state index in [1.807, 2.05) is 0 Å². The number of rotatable bonds is 3. The van der Waals surface area contributed by atoms with Gasteiger partial charge in [0.25, 0.3) is 0 Å². The molecule has 3 N–H and O–H groups in total. The van der Waals surface area contributed by atoms with E-state index in [2.05, 4.69) is 22.5 Å². The fourth-order valence-corrected chi connectivity index (χ4v) is 3.03. The second kappa shape index (κ2) is 7.17. The molecule has 26 heavy (non-hydrogen) atoms. The minimum absolute atomic E-state index is 0.0714. The summed E-state index contributed by atoms with van der Waals surface area (Å²) in [5.74, 6) is -4.13. The van der Waals surface area contributed by atoms with E-state index in [-0.39, 0.29) is 22.1 Å². The predicted octanol–water partition coefficient (Wildman–Crippen LogP) is 3.39. The van der Waals surface area contributed by atoms with E-state index in [0.717, 1.165) is 12.1 Å². The zero-order valence-electron chi connectivity index (χ0n) is 13.4. The minimum atomic E-state index is -1.09. The summed E-state index contributed by atoms with van der Waals surface area (Å²) < 4.78 is 40.6. The third kappa shape index (κ3) is 3.55. The summed E-state index contributed by atoms with van der Waals surface area (Å²) in [6.07, 6.45) is 0. The number of benzene rings is 2. The molecule has 2 atom stereocenters. The Balaban J connectivity index is 1.92. The molecule has 8 heteroatoms. The van der Waals surface area contributed by atoms with E-state index in [9.17, 15) is 18.0 Å². The third-order valence-corrected chi connectivity index (χ3v) is 4.20. The average Bonchev–Trinajstić information content (AvgIpc) is 2.57. The number of nitrogens with one attached hydrogen (secondary N) is 3. The van der Waals surface area contributed by atoms with Gasteiger partial charge in [-0.1, -0.05) is 24.8 Å². The van der Waals surface area contributed by atoms with Crippen LogP contribution in [0.15, 0.2) is 54.7 Å². The van der Waals surface area contributed by atoms with Gasteiger partial charge in [-0.3, -0.25) is 4.79 Å². The van der Waals surface area contributed by atoms with Gasteiger partial charge in [0, 0.05) is 23.0 Å². The van der Waals surface area contributed by atoms with Crippen LogP contribution >= 0.6 is 12.2 Å². The van der Waals surface area contributed by atoms with Gasteiger partial charge in [-0.2, -0.15) is 0 Å². The molecule has 0 spiro atoms. The first-order valence-electron chi connectivity index (χ1n) is 7.63. The van der Waals surface area contributed by atoms with Crippen molar-refractivity contribution < 1.29 is 18.0 Å². The quantitative estimate of drug-likeness (QED) is 0.718. The minimum Gasteiger partial charge on any atom is -0.354 e. The van der Waals surface area contributed by atoms with Crippen molar-refractivity contribution in [2.24, 2.45) is 5.92 Å². The van der Waals surface area contributed by atoms with Gasteiger partial charge in [0.1, 0.15) is 11.7 Å². The molecule has 0 bridgehead atoms. The first-order valence-corrected chi connectivity index (χ1v) is 8.04. The van der Waals surface area contributed by atoms with E-state index in [1.165, 1.54) is 24.3 Å². The molecule has 0 unspecified atom stereocenters. The van der Waals surface area contributed by atoms with Crippen LogP contribution in [-0.4, -0.2) is 11.0 Å². The number of anilines is 1. The summed E-state index contributed by atoms with van der Waals surface area (Å²) in [5.41, 5.74) is 0.576. The molecule has 0 radical (unpaired) electrons. The van der Waals surface area contributed by atoms with Crippen LogP contribution in [-0.2, 0) is 4.79 Å². The topological polar surface area (TPSA) is 53.2 Å². The van der Waals surface area contributed by atoms with Crippen molar-refractivity contribution in [3.63, 3.8) is 0 Å². The number of amides is 1. The summed E-state index contributed by atoms with van der Waals surface area (Å²) in [6, 6.07) is 8.17. The molecule has 4 nitrogen and oxygen atoms in total. The molecule has 0 saturated carbocycles. The van der Waals surface area contributed by atoms with Gasteiger partial charge in [0.15, 0.2) is 16.7 Å². The van der Waals surface area contributed by atoms with Crippen molar-refractivity contribution in [3.05, 3.63) is 77.8 Å². The number of carbonyl (C=O) groups is 1. The Hall–Kier alpha value is -2.87. The molecule has 2 aromatic rings. The number of hydrogen-bond acceptors (Lipinski definition) is 2. The highest BCUT2D eigenvalue weighted by molar-refractivity contribution is 7.80. The lowest BCUT2D eigenvalue weighted by molar-refractivity contribution is -0.119. The maximum atomic E-state index is 14.2. The molecular weight excluding hydrogens is 363 g/mol. The maximum Gasteiger partial charge on any atom is 0.235 e. The van der Waals surface area contributed by atoms with Crippen LogP contribution in [0.5, 0.6) is 0 Å². The Bertz CT molecular complexity index is 903. The van der Waals surface area contributed by atoms with Gasteiger partial charge >= 0.3 is 0 Å². The Morgan fingerprint density at radius 2 is 1.81 bits per heavy atom. The van der Waals surface area contributed by atoms with E-state index < -0.39 is 35.3 Å². The van der Waals surface area contributed by atoms with Crippen molar-refractivity contribution in [2.75, 3.05) is 5.32 Å². The van der Waals surface area contributed by atoms with E-state index in [0.29, 0.717) is 0 Å². The second-order valence-corrected chi connectivity index (χ2v) is 6.13. The van der Waals surface area contributed by atoms with Crippen molar-refractivity contribution in [2.45, 2.75) is 6.04 Å². The van der Waals surface area contributed by atoms with E-state index in [1.54, 1.807) is 6.07 Å². The van der Waals surface area contributed by atoms with Gasteiger partial charge in [-0.25, -0.2) is 13.2 Å². The normalized spacial score (nSPS) is 19.5. The summed E-state index contributed by atoms with van der Waals surface area (Å²) in [5, 5.41) is 8.31. The molecule has 2 aromatic carbocycles. The van der Waals surface area contributed by atoms with Crippen LogP contribution < -0.4 is 16.0 Å². The summed E-state index contributed by atoms with van der Waals surface area (Å²) in [4.78, 5) is 12.7. The van der Waals surface area contributed by atoms with Crippen molar-refractivity contribution in [1.82, 2.24) is 10.6 Å². The lowest BCUT2D eigenvalue weighted by Gasteiger charge is -2.35. The Labute approximate surface area is 153 Å². The maximum absolute atomic E-state index is 14.2. The van der Waals surface area contributed by atoms with Crippen molar-refractivity contribution in [3.8, 4) is 0 Å². The first-order chi connectivity index (χ1) is 12.4. The Morgan fingerprint density at radius 1 is 1.08 bits per heavy atom. The molecule has 1 heterocycles. The Morgan fingerprint density at radius 3 is 2.50 bits per heavy atom. The molecular formula is C18H14F3N3OS. The first kappa shape index (κ1) is 17.9. The van der Waals surface area contributed by atoms with Gasteiger partial charge in [-0.15, -0.1) is 0 Å². The lowest BCUT2D eigenvalue weighted by Crippen LogP contribution is -2.51. The number of hydrogen-bond donors (Lipinski definition) is 3. The predicted molar refractivity (Wildman–Crippen MR) is 95.6 cm³/mol. The molecule has 1 aliphatic heterocycles. The van der Waals surface area contributed by atoms with Crippen molar-refractivity contribution in [1.29, 1.82) is 0 Å². The zero-order valence-corrected chi connectivity index (χ0v) is 14.2. The third-order valence-electron chi connectivity index (χ3n) is 3.98. The number of carbonyl (C=O) groups excluding carboxylic acids is 1. The molecule has 1 aliphatic rings. The molecule has 3 rings (SSSR count). The number of thiocarbonyl (C=S) groups is 1. The monoisotopic (exact) mass is 377 g/mol. The van der Waals surface area contributed by atoms with Crippen molar-refractivity contribution >= 4 is 28.9 Å². The highest BCUT2D eigenvalue weighted by Gasteiger charge is 2.37. The lowest BCUT2D eigenvalue weighted by atomic mass is 9.88. The second-order valence-electron chi connectivity index (χ2n) is 5.72. The molecule has 1 fully saturated rings. The SMILES string of the molecule is C=C1NC(=S)N[C@H](c2ccccc2F)[C@H]1C(=O)Nc1ccc(F)c(F)c1. The highest BCUT2D eigenvalue weighted by atomic mass is 32.1. The molecule has 1 amide bonds. The van der Waals surface area contributed by atoms with Crippen LogP contribution in [0.1, 0.15) is 11.6 Å². The van der Waals surface area contributed by atoms with Gasteiger partial charge in [0.05, 0.1) is 6.04 Å². The average molecular weight is 377 g/mol. The fraction of sp³-hybridized carbons (Fsp3) is 0.111. The smallest absolute Gasteiger partial charge is 0.235 e. The number of halogens is 3. The standard InChI is InChI=1S/C18H14F3N3OS/c1-9-15(17(25)23-10-6-7-13(20)14(21)8-10)16(24-18(26)22-9)11-4-2-3-5-12(11)19/h2-8,15-16H,1H2,(H,23,25)(H2,22,24,26)/t15-,16+/m0/s1. The zero-order chi connectivity index (χ0) is 18.8. The molecule has 0 aliphatic carbocycles. The summed E-state index contributed by atoms with van der Waals surface area (Å²) in [6.45, 7) is 3.79. The van der Waals surface area contributed by atoms with Crippen LogP contribution in [0.3, 0.4) is 0 Å². The van der Waals surface area contributed by atoms with Gasteiger partial charge in [-0.05, 0) is 30.4 Å². The van der Waals surface area contributed by atoms with Gasteiger partial charge in [0.2, 0.25) is 5.91 Å². The summed E-state index contributed by atoms with van der Waals surface area (Å²) >= 11 is 5.08. The molecule has 0 aromatic heterocycles.